The van der Waals surface area contributed by atoms with Crippen molar-refractivity contribution in [2.45, 2.75) is 32.9 Å². The maximum Gasteiger partial charge on any atom is 0.158 e. The molecule has 0 spiro atoms. The van der Waals surface area contributed by atoms with E-state index in [9.17, 15) is 0 Å². The number of anilines is 3. The summed E-state index contributed by atoms with van der Waals surface area (Å²) in [7, 11) is 0. The number of benzene rings is 1. The average Bonchev–Trinajstić information content (AvgIpc) is 2.80. The molecule has 2 aromatic rings. The van der Waals surface area contributed by atoms with Crippen LogP contribution >= 0.6 is 0 Å². The number of nitrogens with zero attached hydrogens (tertiary/aromatic N) is 3. The number of nitrogen functional groups attached to an aromatic ring is 1. The molecule has 5 heteroatoms. The summed E-state index contributed by atoms with van der Waals surface area (Å²) in [6, 6.07) is 10.6. The topological polar surface area (TPSA) is 64.3 Å². The third-order valence-electron chi connectivity index (χ3n) is 3.67. The number of aromatic nitrogens is 2. The van der Waals surface area contributed by atoms with Crippen LogP contribution in [0, 0.1) is 0 Å². The Kier molecular flexibility index (Phi) is 3.75. The number of ether oxygens (including phenoxy) is 1. The molecule has 1 atom stereocenters. The van der Waals surface area contributed by atoms with Crippen molar-refractivity contribution in [3.05, 3.63) is 41.7 Å². The van der Waals surface area contributed by atoms with Crippen molar-refractivity contribution in [3.63, 3.8) is 0 Å². The van der Waals surface area contributed by atoms with Gasteiger partial charge in [0.05, 0.1) is 0 Å². The van der Waals surface area contributed by atoms with E-state index in [2.05, 4.69) is 46.1 Å². The van der Waals surface area contributed by atoms with Gasteiger partial charge in [0, 0.05) is 24.4 Å². The number of hydrogen-bond donors (Lipinski definition) is 1. The van der Waals surface area contributed by atoms with E-state index >= 15 is 0 Å². The van der Waals surface area contributed by atoms with Crippen molar-refractivity contribution >= 4 is 17.3 Å². The van der Waals surface area contributed by atoms with Gasteiger partial charge in [-0.2, -0.15) is 0 Å². The summed E-state index contributed by atoms with van der Waals surface area (Å²) in [5.41, 5.74) is 8.47. The minimum absolute atomic E-state index is 0.358. The van der Waals surface area contributed by atoms with Crippen LogP contribution in [0.15, 0.2) is 30.3 Å². The molecule has 1 unspecified atom stereocenters. The number of nitrogens with two attached hydrogens (primary N) is 1. The summed E-state index contributed by atoms with van der Waals surface area (Å²) in [6.45, 7) is 5.17. The lowest BCUT2D eigenvalue weighted by molar-refractivity contribution is 0.128. The predicted octanol–water partition coefficient (Wildman–Crippen LogP) is 2.68. The van der Waals surface area contributed by atoms with E-state index in [1.165, 1.54) is 11.3 Å². The first-order valence-electron chi connectivity index (χ1n) is 7.27. The fraction of sp³-hybridized carbons (Fsp3) is 0.375. The summed E-state index contributed by atoms with van der Waals surface area (Å²) in [5.74, 6) is 1.95. The van der Waals surface area contributed by atoms with E-state index in [4.69, 9.17) is 10.5 Å². The van der Waals surface area contributed by atoms with Crippen LogP contribution < -0.4 is 10.6 Å². The molecular formula is C16H20N4O. The van der Waals surface area contributed by atoms with Crippen molar-refractivity contribution in [1.29, 1.82) is 0 Å². The molecule has 1 aliphatic rings. The van der Waals surface area contributed by atoms with E-state index in [0.29, 0.717) is 30.9 Å². The zero-order valence-corrected chi connectivity index (χ0v) is 12.4. The third kappa shape index (κ3) is 2.69. The molecule has 0 aliphatic carbocycles. The second-order valence-corrected chi connectivity index (χ2v) is 5.26. The second-order valence-electron chi connectivity index (χ2n) is 5.26. The summed E-state index contributed by atoms with van der Waals surface area (Å²) >= 11 is 0. The fourth-order valence-electron chi connectivity index (χ4n) is 2.80. The first-order valence-corrected chi connectivity index (χ1v) is 7.27. The van der Waals surface area contributed by atoms with Crippen LogP contribution in [0.2, 0.25) is 0 Å². The van der Waals surface area contributed by atoms with Crippen LogP contribution in [0.3, 0.4) is 0 Å². The molecule has 0 radical (unpaired) electrons. The lowest BCUT2D eigenvalue weighted by Gasteiger charge is -2.24. The molecular weight excluding hydrogens is 264 g/mol. The Hall–Kier alpha value is -2.14. The Morgan fingerprint density at radius 3 is 2.95 bits per heavy atom. The summed E-state index contributed by atoms with van der Waals surface area (Å²) < 4.78 is 5.39. The predicted molar refractivity (Wildman–Crippen MR) is 83.5 cm³/mol. The minimum atomic E-state index is 0.358. The van der Waals surface area contributed by atoms with Crippen molar-refractivity contribution < 1.29 is 4.74 Å². The van der Waals surface area contributed by atoms with Crippen LogP contribution in [0.25, 0.3) is 0 Å². The van der Waals surface area contributed by atoms with Gasteiger partial charge in [0.2, 0.25) is 0 Å². The Bertz CT molecular complexity index is 644. The van der Waals surface area contributed by atoms with E-state index in [-0.39, 0.29) is 0 Å². The van der Waals surface area contributed by atoms with E-state index < -0.39 is 0 Å². The lowest BCUT2D eigenvalue weighted by atomic mass is 10.1. The van der Waals surface area contributed by atoms with Crippen molar-refractivity contribution in [2.75, 3.05) is 17.2 Å². The molecule has 1 aromatic heterocycles. The van der Waals surface area contributed by atoms with Gasteiger partial charge in [-0.25, -0.2) is 9.97 Å². The standard InChI is InChI=1S/C16H20N4O/c1-3-21-10-15-18-14(17)9-16(19-15)20-11(2)8-12-6-4-5-7-13(12)20/h4-7,9,11H,3,8,10H2,1-2H3,(H2,17,18,19). The quantitative estimate of drug-likeness (QED) is 0.935. The molecule has 0 saturated carbocycles. The number of hydrogen-bond acceptors (Lipinski definition) is 5. The highest BCUT2D eigenvalue weighted by molar-refractivity contribution is 5.69. The molecule has 3 rings (SSSR count). The van der Waals surface area contributed by atoms with Crippen molar-refractivity contribution in [3.8, 4) is 0 Å². The molecule has 0 amide bonds. The highest BCUT2D eigenvalue weighted by Crippen LogP contribution is 2.37. The van der Waals surface area contributed by atoms with E-state index in [1.807, 2.05) is 13.0 Å². The molecule has 0 saturated heterocycles. The van der Waals surface area contributed by atoms with Gasteiger partial charge in [-0.05, 0) is 31.9 Å². The Morgan fingerprint density at radius 1 is 1.33 bits per heavy atom. The first kappa shape index (κ1) is 13.8. The number of fused-ring (bicyclic) bond motifs is 1. The Labute approximate surface area is 124 Å². The van der Waals surface area contributed by atoms with Gasteiger partial charge in [-0.15, -0.1) is 0 Å². The zero-order chi connectivity index (χ0) is 14.8. The van der Waals surface area contributed by atoms with Crippen molar-refractivity contribution in [2.24, 2.45) is 0 Å². The van der Waals surface area contributed by atoms with E-state index in [0.717, 1.165) is 12.2 Å². The fourth-order valence-corrected chi connectivity index (χ4v) is 2.80. The van der Waals surface area contributed by atoms with Gasteiger partial charge in [0.1, 0.15) is 18.2 Å². The van der Waals surface area contributed by atoms with Crippen molar-refractivity contribution in [1.82, 2.24) is 9.97 Å². The second kappa shape index (κ2) is 5.69. The first-order chi connectivity index (χ1) is 10.2. The molecule has 110 valence electrons. The van der Waals surface area contributed by atoms with Gasteiger partial charge in [-0.1, -0.05) is 18.2 Å². The van der Waals surface area contributed by atoms with Crippen LogP contribution in [0.5, 0.6) is 0 Å². The molecule has 1 aromatic carbocycles. The van der Waals surface area contributed by atoms with Crippen LogP contribution in [-0.4, -0.2) is 22.6 Å². The molecule has 2 heterocycles. The highest BCUT2D eigenvalue weighted by atomic mass is 16.5. The summed E-state index contributed by atoms with van der Waals surface area (Å²) in [5, 5.41) is 0. The smallest absolute Gasteiger partial charge is 0.158 e. The van der Waals surface area contributed by atoms with Crippen LogP contribution in [-0.2, 0) is 17.8 Å². The maximum atomic E-state index is 5.93. The molecule has 21 heavy (non-hydrogen) atoms. The van der Waals surface area contributed by atoms with Gasteiger partial charge >= 0.3 is 0 Å². The van der Waals surface area contributed by atoms with Crippen LogP contribution in [0.1, 0.15) is 25.2 Å². The molecule has 1 aliphatic heterocycles. The maximum absolute atomic E-state index is 5.93. The Balaban J connectivity index is 1.98. The molecule has 5 nitrogen and oxygen atoms in total. The lowest BCUT2D eigenvalue weighted by Crippen LogP contribution is -2.25. The third-order valence-corrected chi connectivity index (χ3v) is 3.67. The monoisotopic (exact) mass is 284 g/mol. The average molecular weight is 284 g/mol. The minimum Gasteiger partial charge on any atom is -0.384 e. The molecule has 0 bridgehead atoms. The van der Waals surface area contributed by atoms with Gasteiger partial charge in [0.15, 0.2) is 5.82 Å². The van der Waals surface area contributed by atoms with E-state index in [1.54, 1.807) is 0 Å². The zero-order valence-electron chi connectivity index (χ0n) is 12.4. The normalized spacial score (nSPS) is 17.0. The molecule has 0 fully saturated rings. The summed E-state index contributed by atoms with van der Waals surface area (Å²) in [6.07, 6.45) is 1.01. The van der Waals surface area contributed by atoms with Crippen LogP contribution in [0.4, 0.5) is 17.3 Å². The van der Waals surface area contributed by atoms with Gasteiger partial charge in [0.25, 0.3) is 0 Å². The van der Waals surface area contributed by atoms with Gasteiger partial charge < -0.3 is 15.4 Å². The SMILES string of the molecule is CCOCc1nc(N)cc(N2c3ccccc3CC2C)n1. The summed E-state index contributed by atoms with van der Waals surface area (Å²) in [4.78, 5) is 11.1. The van der Waals surface area contributed by atoms with Gasteiger partial charge in [-0.3, -0.25) is 0 Å². The highest BCUT2D eigenvalue weighted by Gasteiger charge is 2.28. The number of para-hydroxylation sites is 1. The molecule has 2 N–H and O–H groups in total. The Morgan fingerprint density at radius 2 is 2.14 bits per heavy atom. The number of rotatable bonds is 4. The largest absolute Gasteiger partial charge is 0.384 e.